The van der Waals surface area contributed by atoms with E-state index < -0.39 is 12.0 Å². The van der Waals surface area contributed by atoms with Crippen molar-refractivity contribution >= 4 is 17.4 Å². The molecule has 1 atom stereocenters. The number of benzene rings is 1. The molecule has 6 heteroatoms. The van der Waals surface area contributed by atoms with Gasteiger partial charge in [0.05, 0.1) is 19.1 Å². The Morgan fingerprint density at radius 1 is 1.38 bits per heavy atom. The van der Waals surface area contributed by atoms with Crippen LogP contribution in [0.2, 0.25) is 0 Å². The van der Waals surface area contributed by atoms with Crippen LogP contribution in [0, 0.1) is 5.82 Å². The zero-order valence-corrected chi connectivity index (χ0v) is 11.3. The van der Waals surface area contributed by atoms with Gasteiger partial charge in [-0.05, 0) is 36.4 Å². The molecule has 1 aromatic heterocycles. The van der Waals surface area contributed by atoms with Gasteiger partial charge in [-0.1, -0.05) is 0 Å². The van der Waals surface area contributed by atoms with Crippen molar-refractivity contribution in [3.8, 4) is 0 Å². The molecule has 0 radical (unpaired) electrons. The minimum Gasteiger partial charge on any atom is -0.467 e. The van der Waals surface area contributed by atoms with E-state index in [1.54, 1.807) is 30.5 Å². The monoisotopic (exact) mass is 288 g/mol. The van der Waals surface area contributed by atoms with E-state index in [2.05, 4.69) is 5.10 Å². The summed E-state index contributed by atoms with van der Waals surface area (Å²) in [7, 11) is 1.33. The maximum Gasteiger partial charge on any atom is 0.331 e. The second-order valence-corrected chi connectivity index (χ2v) is 4.59. The Labute approximate surface area is 120 Å². The number of anilines is 1. The van der Waals surface area contributed by atoms with E-state index in [4.69, 9.17) is 9.15 Å². The molecule has 0 aliphatic carbocycles. The molecule has 21 heavy (non-hydrogen) atoms. The van der Waals surface area contributed by atoms with Gasteiger partial charge >= 0.3 is 5.97 Å². The molecule has 108 valence electrons. The molecule has 1 aromatic carbocycles. The van der Waals surface area contributed by atoms with Crippen molar-refractivity contribution in [2.45, 2.75) is 12.5 Å². The molecule has 0 saturated heterocycles. The summed E-state index contributed by atoms with van der Waals surface area (Å²) in [5.41, 5.74) is 1.27. The summed E-state index contributed by atoms with van der Waals surface area (Å²) in [6, 6.07) is 8.74. The van der Waals surface area contributed by atoms with Gasteiger partial charge in [-0.3, -0.25) is 5.01 Å². The van der Waals surface area contributed by atoms with Gasteiger partial charge in [0.15, 0.2) is 6.04 Å². The van der Waals surface area contributed by atoms with Crippen molar-refractivity contribution in [1.82, 2.24) is 0 Å². The molecule has 0 bridgehead atoms. The first-order valence-corrected chi connectivity index (χ1v) is 6.43. The van der Waals surface area contributed by atoms with Crippen LogP contribution in [0.3, 0.4) is 0 Å². The summed E-state index contributed by atoms with van der Waals surface area (Å²) in [6.07, 6.45) is 1.92. The van der Waals surface area contributed by atoms with Gasteiger partial charge in [0.25, 0.3) is 0 Å². The van der Waals surface area contributed by atoms with Crippen LogP contribution in [0.1, 0.15) is 12.2 Å². The highest BCUT2D eigenvalue weighted by Gasteiger charge is 2.35. The fourth-order valence-corrected chi connectivity index (χ4v) is 2.25. The quantitative estimate of drug-likeness (QED) is 0.815. The predicted molar refractivity (Wildman–Crippen MR) is 74.5 cm³/mol. The fourth-order valence-electron chi connectivity index (χ4n) is 2.25. The topological polar surface area (TPSA) is 55.0 Å². The molecule has 1 unspecified atom stereocenters. The Morgan fingerprint density at radius 3 is 2.76 bits per heavy atom. The molecule has 0 N–H and O–H groups in total. The second-order valence-electron chi connectivity index (χ2n) is 4.59. The minimum absolute atomic E-state index is 0.345. The number of rotatable bonds is 3. The van der Waals surface area contributed by atoms with Crippen LogP contribution >= 0.6 is 0 Å². The van der Waals surface area contributed by atoms with E-state index in [1.807, 2.05) is 0 Å². The molecule has 0 spiro atoms. The highest BCUT2D eigenvalue weighted by molar-refractivity contribution is 6.04. The fraction of sp³-hybridized carbons (Fsp3) is 0.200. The normalized spacial score (nSPS) is 17.7. The summed E-state index contributed by atoms with van der Waals surface area (Å²) in [4.78, 5) is 11.9. The molecule has 2 aromatic rings. The van der Waals surface area contributed by atoms with Crippen LogP contribution in [-0.4, -0.2) is 24.8 Å². The average molecular weight is 288 g/mol. The highest BCUT2D eigenvalue weighted by atomic mass is 19.1. The van der Waals surface area contributed by atoms with Gasteiger partial charge in [-0.25, -0.2) is 9.18 Å². The van der Waals surface area contributed by atoms with E-state index in [-0.39, 0.29) is 5.82 Å². The zero-order valence-electron chi connectivity index (χ0n) is 11.3. The first-order valence-electron chi connectivity index (χ1n) is 6.43. The molecule has 0 saturated carbocycles. The third kappa shape index (κ3) is 2.52. The molecule has 2 heterocycles. The highest BCUT2D eigenvalue weighted by Crippen LogP contribution is 2.27. The van der Waals surface area contributed by atoms with Gasteiger partial charge < -0.3 is 9.15 Å². The predicted octanol–water partition coefficient (Wildman–Crippen LogP) is 2.57. The first-order chi connectivity index (χ1) is 10.2. The molecule has 1 aliphatic heterocycles. The average Bonchev–Trinajstić information content (AvgIpc) is 3.16. The van der Waals surface area contributed by atoms with Crippen molar-refractivity contribution in [3.63, 3.8) is 0 Å². The third-order valence-corrected chi connectivity index (χ3v) is 3.28. The molecular formula is C15H13FN2O3. The first kappa shape index (κ1) is 13.4. The van der Waals surface area contributed by atoms with Gasteiger partial charge in [0, 0.05) is 6.42 Å². The Hall–Kier alpha value is -2.63. The lowest BCUT2D eigenvalue weighted by Crippen LogP contribution is -2.35. The largest absolute Gasteiger partial charge is 0.467 e. The van der Waals surface area contributed by atoms with Gasteiger partial charge in [0.1, 0.15) is 17.3 Å². The third-order valence-electron chi connectivity index (χ3n) is 3.28. The van der Waals surface area contributed by atoms with Crippen molar-refractivity contribution in [2.24, 2.45) is 5.10 Å². The van der Waals surface area contributed by atoms with E-state index in [1.165, 1.54) is 24.3 Å². The van der Waals surface area contributed by atoms with E-state index >= 15 is 0 Å². The number of methoxy groups -OCH3 is 1. The number of hydrogen-bond acceptors (Lipinski definition) is 5. The van der Waals surface area contributed by atoms with Crippen LogP contribution in [0.4, 0.5) is 10.1 Å². The molecule has 0 fully saturated rings. The van der Waals surface area contributed by atoms with Crippen LogP contribution in [-0.2, 0) is 9.53 Å². The smallest absolute Gasteiger partial charge is 0.331 e. The Balaban J connectivity index is 1.96. The van der Waals surface area contributed by atoms with Gasteiger partial charge in [-0.15, -0.1) is 0 Å². The molecule has 3 rings (SSSR count). The lowest BCUT2D eigenvalue weighted by molar-refractivity contribution is -0.141. The Morgan fingerprint density at radius 2 is 2.14 bits per heavy atom. The number of furan rings is 1. The van der Waals surface area contributed by atoms with Crippen LogP contribution in [0.25, 0.3) is 0 Å². The van der Waals surface area contributed by atoms with Crippen LogP contribution in [0.15, 0.2) is 52.2 Å². The minimum atomic E-state index is -0.583. The standard InChI is InChI=1S/C15H13FN2O3/c1-20-15(19)13-9-12(14-3-2-8-21-14)17-18(13)11-6-4-10(16)5-7-11/h2-8,13H,9H2,1H3. The van der Waals surface area contributed by atoms with E-state index in [9.17, 15) is 9.18 Å². The number of halogens is 1. The number of ether oxygens (including phenoxy) is 1. The second kappa shape index (κ2) is 5.40. The lowest BCUT2D eigenvalue weighted by atomic mass is 10.1. The number of hydrazone groups is 1. The lowest BCUT2D eigenvalue weighted by Gasteiger charge is -2.21. The molecule has 0 amide bonds. The number of carbonyl (C=O) groups excluding carboxylic acids is 1. The van der Waals surface area contributed by atoms with E-state index in [0.29, 0.717) is 23.6 Å². The molecular weight excluding hydrogens is 275 g/mol. The molecule has 5 nitrogen and oxygen atoms in total. The van der Waals surface area contributed by atoms with Crippen LogP contribution in [0.5, 0.6) is 0 Å². The van der Waals surface area contributed by atoms with Gasteiger partial charge in [-0.2, -0.15) is 5.10 Å². The Bertz CT molecular complexity index is 665. The van der Waals surface area contributed by atoms with Crippen molar-refractivity contribution in [3.05, 3.63) is 54.2 Å². The number of nitrogens with zero attached hydrogens (tertiary/aromatic N) is 2. The molecule has 1 aliphatic rings. The number of hydrogen-bond donors (Lipinski definition) is 0. The zero-order chi connectivity index (χ0) is 14.8. The number of carbonyl (C=O) groups is 1. The van der Waals surface area contributed by atoms with Crippen molar-refractivity contribution in [2.75, 3.05) is 12.1 Å². The SMILES string of the molecule is COC(=O)C1CC(c2ccco2)=NN1c1ccc(F)cc1. The number of esters is 1. The summed E-state index contributed by atoms with van der Waals surface area (Å²) >= 11 is 0. The van der Waals surface area contributed by atoms with Crippen molar-refractivity contribution < 1.29 is 18.3 Å². The van der Waals surface area contributed by atoms with Gasteiger partial charge in [0.2, 0.25) is 0 Å². The van der Waals surface area contributed by atoms with E-state index in [0.717, 1.165) is 0 Å². The summed E-state index contributed by atoms with van der Waals surface area (Å²) in [6.45, 7) is 0. The maximum absolute atomic E-state index is 13.0. The van der Waals surface area contributed by atoms with Crippen LogP contribution < -0.4 is 5.01 Å². The summed E-state index contributed by atoms with van der Waals surface area (Å²) in [5, 5.41) is 5.94. The maximum atomic E-state index is 13.0. The Kier molecular flexibility index (Phi) is 3.43. The summed E-state index contributed by atoms with van der Waals surface area (Å²) in [5.74, 6) is -0.138. The summed E-state index contributed by atoms with van der Waals surface area (Å²) < 4.78 is 23.2. The van der Waals surface area contributed by atoms with Crippen molar-refractivity contribution in [1.29, 1.82) is 0 Å².